The quantitative estimate of drug-likeness (QED) is 0.671. The number of aromatic nitrogens is 2. The van der Waals surface area contributed by atoms with Crippen LogP contribution >= 0.6 is 22.9 Å². The molecule has 0 radical (unpaired) electrons. The molecule has 1 saturated heterocycles. The average Bonchev–Trinajstić information content (AvgIpc) is 3.14. The maximum absolute atomic E-state index is 12.7. The monoisotopic (exact) mass is 427 g/mol. The van der Waals surface area contributed by atoms with Gasteiger partial charge < -0.3 is 14.6 Å². The number of nitrogens with one attached hydrogen (secondary N) is 1. The van der Waals surface area contributed by atoms with Gasteiger partial charge in [-0.1, -0.05) is 23.7 Å². The van der Waals surface area contributed by atoms with Crippen LogP contribution in [0.2, 0.25) is 0 Å². The molecule has 2 aromatic heterocycles. The van der Waals surface area contributed by atoms with Crippen LogP contribution < -0.4 is 10.5 Å². The molecule has 29 heavy (non-hydrogen) atoms. The number of thiophene rings is 1. The van der Waals surface area contributed by atoms with E-state index in [1.807, 2.05) is 18.2 Å². The number of nitrogens with zero attached hydrogens (tertiary/aromatic N) is 2. The van der Waals surface area contributed by atoms with Crippen molar-refractivity contribution in [1.29, 1.82) is 0 Å². The first-order valence-corrected chi connectivity index (χ1v) is 11.2. The molecule has 0 spiro atoms. The number of ether oxygens (including phenoxy) is 1. The number of halogens is 1. The fourth-order valence-corrected chi connectivity index (χ4v) is 5.57. The maximum atomic E-state index is 12.7. The first-order chi connectivity index (χ1) is 14.2. The van der Waals surface area contributed by atoms with Gasteiger partial charge in [0.1, 0.15) is 4.83 Å². The molecule has 150 valence electrons. The lowest BCUT2D eigenvalue weighted by atomic mass is 9.97. The van der Waals surface area contributed by atoms with Crippen LogP contribution in [-0.4, -0.2) is 36.3 Å². The number of hydrogen-bond acceptors (Lipinski definition) is 5. The first kappa shape index (κ1) is 18.9. The molecule has 0 amide bonds. The number of aromatic amines is 1. The number of hydrogen-bond donors (Lipinski definition) is 1. The maximum Gasteiger partial charge on any atom is 0.260 e. The highest BCUT2D eigenvalue weighted by Crippen LogP contribution is 2.34. The zero-order valence-electron chi connectivity index (χ0n) is 16.0. The molecule has 0 bridgehead atoms. The van der Waals surface area contributed by atoms with Gasteiger partial charge in [0.2, 0.25) is 0 Å². The Morgan fingerprint density at radius 1 is 1.17 bits per heavy atom. The summed E-state index contributed by atoms with van der Waals surface area (Å²) >= 11 is 8.17. The van der Waals surface area contributed by atoms with E-state index in [-0.39, 0.29) is 5.56 Å². The van der Waals surface area contributed by atoms with E-state index in [2.05, 4.69) is 27.0 Å². The van der Waals surface area contributed by atoms with Gasteiger partial charge >= 0.3 is 0 Å². The first-order valence-electron chi connectivity index (χ1n) is 10.0. The highest BCUT2D eigenvalue weighted by atomic mass is 35.5. The van der Waals surface area contributed by atoms with Gasteiger partial charge in [0, 0.05) is 23.7 Å². The lowest BCUT2D eigenvalue weighted by Gasteiger charge is -2.28. The van der Waals surface area contributed by atoms with Crippen molar-refractivity contribution in [2.45, 2.75) is 25.7 Å². The van der Waals surface area contributed by atoms with E-state index in [4.69, 9.17) is 16.3 Å². The van der Waals surface area contributed by atoms with Crippen molar-refractivity contribution in [1.82, 2.24) is 9.97 Å². The van der Waals surface area contributed by atoms with E-state index in [1.54, 1.807) is 11.3 Å². The van der Waals surface area contributed by atoms with Gasteiger partial charge in [-0.2, -0.15) is 0 Å². The molecule has 0 unspecified atom stereocenters. The predicted octanol–water partition coefficient (Wildman–Crippen LogP) is 4.44. The molecule has 5 rings (SSSR count). The molecule has 1 aromatic carbocycles. The third kappa shape index (κ3) is 3.72. The number of fused-ring (bicyclic) bond motifs is 3. The Bertz CT molecular complexity index is 1130. The van der Waals surface area contributed by atoms with E-state index in [0.29, 0.717) is 10.9 Å². The molecular weight excluding hydrogens is 406 g/mol. The molecule has 1 aliphatic heterocycles. The van der Waals surface area contributed by atoms with Crippen LogP contribution in [0.5, 0.6) is 0 Å². The van der Waals surface area contributed by atoms with Crippen molar-refractivity contribution < 1.29 is 4.74 Å². The van der Waals surface area contributed by atoms with Crippen LogP contribution in [-0.2, 0) is 17.6 Å². The van der Waals surface area contributed by atoms with Crippen molar-refractivity contribution in [3.8, 4) is 0 Å². The van der Waals surface area contributed by atoms with E-state index < -0.39 is 0 Å². The number of rotatable bonds is 3. The second kappa shape index (κ2) is 7.94. The van der Waals surface area contributed by atoms with Crippen LogP contribution in [0.3, 0.4) is 0 Å². The summed E-state index contributed by atoms with van der Waals surface area (Å²) in [5.74, 6) is 0.431. The van der Waals surface area contributed by atoms with Crippen LogP contribution in [0.15, 0.2) is 29.1 Å². The minimum absolute atomic E-state index is 0.0846. The second-order valence-electron chi connectivity index (χ2n) is 7.49. The van der Waals surface area contributed by atoms with Gasteiger partial charge in [-0.3, -0.25) is 4.79 Å². The van der Waals surface area contributed by atoms with Crippen molar-refractivity contribution in [2.24, 2.45) is 0 Å². The molecule has 5 nitrogen and oxygen atoms in total. The van der Waals surface area contributed by atoms with Crippen LogP contribution in [0.4, 0.5) is 5.69 Å². The fraction of sp³-hybridized carbons (Fsp3) is 0.364. The Balaban J connectivity index is 1.43. The molecule has 3 aromatic rings. The van der Waals surface area contributed by atoms with Gasteiger partial charge in [0.25, 0.3) is 5.56 Å². The Kier molecular flexibility index (Phi) is 5.16. The zero-order chi connectivity index (χ0) is 19.8. The van der Waals surface area contributed by atoms with Gasteiger partial charge in [-0.25, -0.2) is 4.98 Å². The lowest BCUT2D eigenvalue weighted by Crippen LogP contribution is -2.36. The average molecular weight is 428 g/mol. The van der Waals surface area contributed by atoms with Gasteiger partial charge in [0.05, 0.1) is 23.6 Å². The summed E-state index contributed by atoms with van der Waals surface area (Å²) in [6, 6.07) is 8.25. The van der Waals surface area contributed by atoms with Crippen molar-refractivity contribution in [2.75, 3.05) is 31.2 Å². The Labute approximate surface area is 178 Å². The number of morpholine rings is 1. The van der Waals surface area contributed by atoms with E-state index in [1.165, 1.54) is 22.5 Å². The molecule has 0 saturated carbocycles. The van der Waals surface area contributed by atoms with Crippen molar-refractivity contribution in [3.05, 3.63) is 56.4 Å². The summed E-state index contributed by atoms with van der Waals surface area (Å²) in [4.78, 5) is 24.7. The summed E-state index contributed by atoms with van der Waals surface area (Å²) < 4.78 is 5.41. The molecule has 2 aliphatic rings. The number of anilines is 1. The summed E-state index contributed by atoms with van der Waals surface area (Å²) in [7, 11) is 0. The van der Waals surface area contributed by atoms with E-state index >= 15 is 0 Å². The fourth-order valence-electron chi connectivity index (χ4n) is 4.09. The highest BCUT2D eigenvalue weighted by molar-refractivity contribution is 7.18. The summed E-state index contributed by atoms with van der Waals surface area (Å²) in [5, 5.41) is 1.20. The van der Waals surface area contributed by atoms with Gasteiger partial charge in [-0.05, 0) is 55.0 Å². The van der Waals surface area contributed by atoms with Crippen LogP contribution in [0, 0.1) is 0 Å². The standard InChI is InChI=1S/C22H22ClN3O2S/c23-17(13-14-5-7-15(8-6-14)26-9-11-28-12-10-26)20-24-21(27)19-16-3-1-2-4-18(16)29-22(19)25-20/h5-8,13H,1-4,9-12H2,(H,24,25,27)/b17-13-. The zero-order valence-corrected chi connectivity index (χ0v) is 17.6. The normalized spacial score (nSPS) is 17.6. The molecule has 3 heterocycles. The topological polar surface area (TPSA) is 58.2 Å². The Hall–Kier alpha value is -2.15. The van der Waals surface area contributed by atoms with Crippen molar-refractivity contribution >= 4 is 50.0 Å². The third-order valence-corrected chi connectivity index (χ3v) is 7.09. The van der Waals surface area contributed by atoms with Gasteiger partial charge in [0.15, 0.2) is 5.82 Å². The molecule has 7 heteroatoms. The van der Waals surface area contributed by atoms with E-state index in [0.717, 1.165) is 61.3 Å². The number of H-pyrrole nitrogens is 1. The van der Waals surface area contributed by atoms with Crippen LogP contribution in [0.1, 0.15) is 34.7 Å². The summed E-state index contributed by atoms with van der Waals surface area (Å²) in [5.41, 5.74) is 3.26. The lowest BCUT2D eigenvalue weighted by molar-refractivity contribution is 0.122. The molecule has 1 N–H and O–H groups in total. The summed E-state index contributed by atoms with van der Waals surface area (Å²) in [6.45, 7) is 3.35. The summed E-state index contributed by atoms with van der Waals surface area (Å²) in [6.07, 6.45) is 6.19. The third-order valence-electron chi connectivity index (χ3n) is 5.61. The number of benzene rings is 1. The second-order valence-corrected chi connectivity index (χ2v) is 8.98. The smallest absolute Gasteiger partial charge is 0.260 e. The minimum atomic E-state index is -0.0846. The molecule has 1 aliphatic carbocycles. The predicted molar refractivity (Wildman–Crippen MR) is 120 cm³/mol. The van der Waals surface area contributed by atoms with Crippen molar-refractivity contribution in [3.63, 3.8) is 0 Å². The molecule has 0 atom stereocenters. The van der Waals surface area contributed by atoms with E-state index in [9.17, 15) is 4.79 Å². The number of aryl methyl sites for hydroxylation is 2. The minimum Gasteiger partial charge on any atom is -0.378 e. The molecule has 1 fully saturated rings. The van der Waals surface area contributed by atoms with Crippen LogP contribution in [0.25, 0.3) is 21.3 Å². The molecular formula is C22H22ClN3O2S. The SMILES string of the molecule is O=c1[nH]c(/C(Cl)=C/c2ccc(N3CCOCC3)cc2)nc2sc3c(c12)CCCC3. The Morgan fingerprint density at radius 3 is 2.72 bits per heavy atom. The highest BCUT2D eigenvalue weighted by Gasteiger charge is 2.20. The largest absolute Gasteiger partial charge is 0.378 e. The Morgan fingerprint density at radius 2 is 1.93 bits per heavy atom. The van der Waals surface area contributed by atoms with Gasteiger partial charge in [-0.15, -0.1) is 11.3 Å².